The summed E-state index contributed by atoms with van der Waals surface area (Å²) < 4.78 is 5.23. The molecule has 0 aromatic heterocycles. The average molecular weight is 258 g/mol. The minimum absolute atomic E-state index is 0.0816. The molecule has 0 aliphatic rings. The van der Waals surface area contributed by atoms with Gasteiger partial charge in [-0.25, -0.2) is 0 Å². The topological polar surface area (TPSA) is 49.7 Å². The number of aryl methyl sites for hydroxylation is 2. The number of ether oxygens (including phenoxy) is 1. The number of rotatable bonds is 5. The first-order valence-electron chi connectivity index (χ1n) is 6.43. The molecule has 0 atom stereocenters. The summed E-state index contributed by atoms with van der Waals surface area (Å²) in [6, 6.07) is 13.5. The Morgan fingerprint density at radius 1 is 0.895 bits per heavy atom. The van der Waals surface area contributed by atoms with Crippen molar-refractivity contribution in [2.75, 3.05) is 6.61 Å². The largest absolute Gasteiger partial charge is 0.504 e. The van der Waals surface area contributed by atoms with Gasteiger partial charge in [-0.05, 0) is 37.0 Å². The fourth-order valence-electron chi connectivity index (χ4n) is 2.00. The van der Waals surface area contributed by atoms with Crippen molar-refractivity contribution in [2.24, 2.45) is 0 Å². The van der Waals surface area contributed by atoms with Crippen LogP contribution >= 0.6 is 0 Å². The molecule has 100 valence electrons. The van der Waals surface area contributed by atoms with Crippen molar-refractivity contribution in [3.8, 4) is 17.2 Å². The van der Waals surface area contributed by atoms with E-state index in [9.17, 15) is 10.2 Å². The van der Waals surface area contributed by atoms with E-state index >= 15 is 0 Å². The second-order valence-corrected chi connectivity index (χ2v) is 4.34. The Kier molecular flexibility index (Phi) is 4.29. The second kappa shape index (κ2) is 6.14. The van der Waals surface area contributed by atoms with Crippen LogP contribution in [0.1, 0.15) is 18.1 Å². The summed E-state index contributed by atoms with van der Waals surface area (Å²) in [5, 5.41) is 19.8. The molecule has 0 saturated heterocycles. The van der Waals surface area contributed by atoms with Gasteiger partial charge < -0.3 is 14.9 Å². The van der Waals surface area contributed by atoms with Gasteiger partial charge >= 0.3 is 0 Å². The van der Waals surface area contributed by atoms with E-state index in [1.54, 1.807) is 12.1 Å². The van der Waals surface area contributed by atoms with Crippen LogP contribution in [0, 0.1) is 0 Å². The third-order valence-electron chi connectivity index (χ3n) is 3.02. The summed E-state index contributed by atoms with van der Waals surface area (Å²) in [7, 11) is 0. The molecule has 3 nitrogen and oxygen atoms in total. The number of benzene rings is 2. The van der Waals surface area contributed by atoms with E-state index in [0.717, 1.165) is 12.0 Å². The van der Waals surface area contributed by atoms with Crippen LogP contribution in [0.15, 0.2) is 42.5 Å². The number of phenols is 2. The molecule has 2 aromatic rings. The van der Waals surface area contributed by atoms with E-state index in [-0.39, 0.29) is 11.5 Å². The first-order chi connectivity index (χ1) is 9.22. The smallest absolute Gasteiger partial charge is 0.200 e. The van der Waals surface area contributed by atoms with Crippen LogP contribution in [-0.2, 0) is 12.8 Å². The van der Waals surface area contributed by atoms with Gasteiger partial charge in [-0.2, -0.15) is 0 Å². The van der Waals surface area contributed by atoms with Gasteiger partial charge in [0.1, 0.15) is 0 Å². The Hall–Kier alpha value is -2.16. The molecule has 0 spiro atoms. The van der Waals surface area contributed by atoms with Crippen LogP contribution in [0.25, 0.3) is 0 Å². The molecule has 0 saturated carbocycles. The fourth-order valence-corrected chi connectivity index (χ4v) is 2.00. The van der Waals surface area contributed by atoms with Crippen LogP contribution in [0.3, 0.4) is 0 Å². The molecule has 2 rings (SSSR count). The van der Waals surface area contributed by atoms with Crippen LogP contribution in [0.2, 0.25) is 0 Å². The van der Waals surface area contributed by atoms with Gasteiger partial charge in [0.05, 0.1) is 6.61 Å². The van der Waals surface area contributed by atoms with Crippen LogP contribution in [0.4, 0.5) is 0 Å². The zero-order chi connectivity index (χ0) is 13.7. The maximum atomic E-state index is 9.95. The van der Waals surface area contributed by atoms with E-state index < -0.39 is 0 Å². The minimum atomic E-state index is -0.174. The number of phenolic OH excluding ortho intramolecular Hbond substituents is 2. The van der Waals surface area contributed by atoms with Crippen molar-refractivity contribution in [2.45, 2.75) is 19.8 Å². The molecule has 0 fully saturated rings. The van der Waals surface area contributed by atoms with Crippen molar-refractivity contribution in [3.63, 3.8) is 0 Å². The summed E-state index contributed by atoms with van der Waals surface area (Å²) in [6.07, 6.45) is 1.50. The molecule has 0 aliphatic heterocycles. The van der Waals surface area contributed by atoms with Crippen molar-refractivity contribution < 1.29 is 14.9 Å². The molecule has 0 aliphatic carbocycles. The normalized spacial score (nSPS) is 10.4. The summed E-state index contributed by atoms with van der Waals surface area (Å²) in [4.78, 5) is 0. The molecule has 3 heteroatoms. The maximum Gasteiger partial charge on any atom is 0.200 e. The summed E-state index contributed by atoms with van der Waals surface area (Å²) in [5.41, 5.74) is 1.93. The number of hydrogen-bond acceptors (Lipinski definition) is 3. The highest BCUT2D eigenvalue weighted by atomic mass is 16.5. The van der Waals surface area contributed by atoms with Crippen molar-refractivity contribution in [3.05, 3.63) is 53.6 Å². The Balaban J connectivity index is 2.11. The van der Waals surface area contributed by atoms with Crippen LogP contribution in [-0.4, -0.2) is 16.8 Å². The number of hydrogen-bond donors (Lipinski definition) is 2. The second-order valence-electron chi connectivity index (χ2n) is 4.34. The lowest BCUT2D eigenvalue weighted by atomic mass is 10.0. The first-order valence-corrected chi connectivity index (χ1v) is 6.43. The van der Waals surface area contributed by atoms with Crippen molar-refractivity contribution in [1.82, 2.24) is 0 Å². The predicted octanol–water partition coefficient (Wildman–Crippen LogP) is 3.28. The standard InChI is InChI=1S/C16H18O3/c1-2-19-14-11-10-13(15(17)16(14)18)9-8-12-6-4-3-5-7-12/h3-7,10-11,17-18H,2,8-9H2,1H3. The molecule has 2 aromatic carbocycles. The summed E-state index contributed by atoms with van der Waals surface area (Å²) in [5.74, 6) is 0.0674. The molecular weight excluding hydrogens is 240 g/mol. The number of aromatic hydroxyl groups is 2. The molecule has 0 unspecified atom stereocenters. The van der Waals surface area contributed by atoms with E-state index in [4.69, 9.17) is 4.74 Å². The highest BCUT2D eigenvalue weighted by Crippen LogP contribution is 2.38. The average Bonchev–Trinajstić information content (AvgIpc) is 2.44. The Bertz CT molecular complexity index is 535. The third-order valence-corrected chi connectivity index (χ3v) is 3.02. The SMILES string of the molecule is CCOc1ccc(CCc2ccccc2)c(O)c1O. The minimum Gasteiger partial charge on any atom is -0.504 e. The lowest BCUT2D eigenvalue weighted by Gasteiger charge is -2.11. The summed E-state index contributed by atoms with van der Waals surface area (Å²) >= 11 is 0. The lowest BCUT2D eigenvalue weighted by Crippen LogP contribution is -1.95. The Labute approximate surface area is 113 Å². The van der Waals surface area contributed by atoms with Gasteiger partial charge in [-0.15, -0.1) is 0 Å². The van der Waals surface area contributed by atoms with Gasteiger partial charge in [0.2, 0.25) is 5.75 Å². The molecule has 0 radical (unpaired) electrons. The summed E-state index contributed by atoms with van der Waals surface area (Å²) in [6.45, 7) is 2.29. The van der Waals surface area contributed by atoms with Gasteiger partial charge in [-0.1, -0.05) is 36.4 Å². The van der Waals surface area contributed by atoms with E-state index in [2.05, 4.69) is 0 Å². The molecule has 0 bridgehead atoms. The molecule has 19 heavy (non-hydrogen) atoms. The maximum absolute atomic E-state index is 9.95. The zero-order valence-corrected chi connectivity index (χ0v) is 11.0. The Morgan fingerprint density at radius 3 is 2.32 bits per heavy atom. The van der Waals surface area contributed by atoms with E-state index in [1.165, 1.54) is 5.56 Å². The van der Waals surface area contributed by atoms with Crippen LogP contribution in [0.5, 0.6) is 17.2 Å². The molecular formula is C16H18O3. The van der Waals surface area contributed by atoms with Crippen molar-refractivity contribution in [1.29, 1.82) is 0 Å². The van der Waals surface area contributed by atoms with Crippen molar-refractivity contribution >= 4 is 0 Å². The fraction of sp³-hybridized carbons (Fsp3) is 0.250. The van der Waals surface area contributed by atoms with Gasteiger partial charge in [0.15, 0.2) is 11.5 Å². The van der Waals surface area contributed by atoms with Gasteiger partial charge in [0.25, 0.3) is 0 Å². The Morgan fingerprint density at radius 2 is 1.63 bits per heavy atom. The molecule has 2 N–H and O–H groups in total. The zero-order valence-electron chi connectivity index (χ0n) is 11.0. The monoisotopic (exact) mass is 258 g/mol. The molecule has 0 amide bonds. The van der Waals surface area contributed by atoms with Gasteiger partial charge in [-0.3, -0.25) is 0 Å². The van der Waals surface area contributed by atoms with Crippen LogP contribution < -0.4 is 4.74 Å². The molecule has 0 heterocycles. The lowest BCUT2D eigenvalue weighted by molar-refractivity contribution is 0.308. The van der Waals surface area contributed by atoms with E-state index in [1.807, 2.05) is 37.3 Å². The predicted molar refractivity (Wildman–Crippen MR) is 74.8 cm³/mol. The first kappa shape index (κ1) is 13.3. The third kappa shape index (κ3) is 3.19. The quantitative estimate of drug-likeness (QED) is 0.809. The van der Waals surface area contributed by atoms with Gasteiger partial charge in [0, 0.05) is 0 Å². The highest BCUT2D eigenvalue weighted by molar-refractivity contribution is 5.54. The van der Waals surface area contributed by atoms with E-state index in [0.29, 0.717) is 18.8 Å². The highest BCUT2D eigenvalue weighted by Gasteiger charge is 2.12.